The predicted octanol–water partition coefficient (Wildman–Crippen LogP) is 2.49. The molecule has 1 aliphatic carbocycles. The molecule has 0 bridgehead atoms. The molecule has 2 nitrogen and oxygen atoms in total. The van der Waals surface area contributed by atoms with Crippen molar-refractivity contribution in [2.45, 2.75) is 32.6 Å². The Balaban J connectivity index is 0.000000280. The van der Waals surface area contributed by atoms with E-state index in [1.165, 1.54) is 18.4 Å². The minimum Gasteiger partial charge on any atom is -0.331 e. The van der Waals surface area contributed by atoms with Gasteiger partial charge in [-0.05, 0) is 37.4 Å². The SMILES string of the molecule is CCN.CCN.c1ccc(C2CC2)cc1. The van der Waals surface area contributed by atoms with Crippen LogP contribution in [0.3, 0.4) is 0 Å². The normalized spacial score (nSPS) is 13.1. The minimum absolute atomic E-state index is 0.750. The van der Waals surface area contributed by atoms with E-state index in [0.717, 1.165) is 19.0 Å². The van der Waals surface area contributed by atoms with Crippen molar-refractivity contribution in [1.29, 1.82) is 0 Å². The quantitative estimate of drug-likeness (QED) is 0.745. The molecule has 1 aromatic rings. The Morgan fingerprint density at radius 3 is 1.73 bits per heavy atom. The van der Waals surface area contributed by atoms with Gasteiger partial charge in [0.25, 0.3) is 0 Å². The molecule has 0 atom stereocenters. The monoisotopic (exact) mass is 208 g/mol. The molecule has 1 saturated carbocycles. The summed E-state index contributed by atoms with van der Waals surface area (Å²) in [6.45, 7) is 5.31. The molecule has 0 aliphatic heterocycles. The molecule has 0 spiro atoms. The molecule has 0 radical (unpaired) electrons. The third kappa shape index (κ3) is 8.16. The zero-order valence-electron chi connectivity index (χ0n) is 9.95. The zero-order chi connectivity index (χ0) is 11.5. The van der Waals surface area contributed by atoms with E-state index in [9.17, 15) is 0 Å². The summed E-state index contributed by atoms with van der Waals surface area (Å²) >= 11 is 0. The molecule has 0 saturated heterocycles. The van der Waals surface area contributed by atoms with Crippen molar-refractivity contribution in [3.63, 3.8) is 0 Å². The Kier molecular flexibility index (Phi) is 9.13. The number of hydrogen-bond donors (Lipinski definition) is 2. The second-order valence-corrected chi connectivity index (χ2v) is 3.50. The van der Waals surface area contributed by atoms with Crippen LogP contribution in [0.15, 0.2) is 30.3 Å². The topological polar surface area (TPSA) is 52.0 Å². The molecular weight excluding hydrogens is 184 g/mol. The minimum atomic E-state index is 0.750. The first-order chi connectivity index (χ1) is 7.29. The van der Waals surface area contributed by atoms with Crippen molar-refractivity contribution in [2.24, 2.45) is 11.5 Å². The Morgan fingerprint density at radius 2 is 1.40 bits per heavy atom. The Hall–Kier alpha value is -0.860. The molecule has 4 N–H and O–H groups in total. The summed E-state index contributed by atoms with van der Waals surface area (Å²) in [4.78, 5) is 0. The van der Waals surface area contributed by atoms with Gasteiger partial charge in [-0.25, -0.2) is 0 Å². The molecule has 2 rings (SSSR count). The fraction of sp³-hybridized carbons (Fsp3) is 0.538. The van der Waals surface area contributed by atoms with Crippen LogP contribution < -0.4 is 11.5 Å². The van der Waals surface area contributed by atoms with E-state index >= 15 is 0 Å². The van der Waals surface area contributed by atoms with Gasteiger partial charge in [-0.2, -0.15) is 0 Å². The van der Waals surface area contributed by atoms with Gasteiger partial charge in [0.1, 0.15) is 0 Å². The van der Waals surface area contributed by atoms with Crippen LogP contribution in [0.4, 0.5) is 0 Å². The highest BCUT2D eigenvalue weighted by Gasteiger charge is 2.22. The van der Waals surface area contributed by atoms with Crippen molar-refractivity contribution in [3.05, 3.63) is 35.9 Å². The van der Waals surface area contributed by atoms with E-state index < -0.39 is 0 Å². The third-order valence-corrected chi connectivity index (χ3v) is 1.85. The molecule has 0 aromatic heterocycles. The largest absolute Gasteiger partial charge is 0.331 e. The first-order valence-corrected chi connectivity index (χ1v) is 5.75. The summed E-state index contributed by atoms with van der Waals surface area (Å²) in [5.74, 6) is 0.909. The summed E-state index contributed by atoms with van der Waals surface area (Å²) < 4.78 is 0. The Labute approximate surface area is 93.7 Å². The van der Waals surface area contributed by atoms with Gasteiger partial charge in [-0.15, -0.1) is 0 Å². The van der Waals surface area contributed by atoms with Crippen molar-refractivity contribution in [1.82, 2.24) is 0 Å². The van der Waals surface area contributed by atoms with Crippen molar-refractivity contribution in [2.75, 3.05) is 13.1 Å². The molecule has 1 aromatic carbocycles. The highest BCUT2D eigenvalue weighted by atomic mass is 14.5. The lowest BCUT2D eigenvalue weighted by Crippen LogP contribution is -1.87. The molecule has 1 fully saturated rings. The van der Waals surface area contributed by atoms with Gasteiger partial charge >= 0.3 is 0 Å². The number of hydrogen-bond acceptors (Lipinski definition) is 2. The van der Waals surface area contributed by atoms with Gasteiger partial charge in [-0.1, -0.05) is 44.2 Å². The molecule has 0 unspecified atom stereocenters. The van der Waals surface area contributed by atoms with E-state index in [1.807, 2.05) is 13.8 Å². The highest BCUT2D eigenvalue weighted by Crippen LogP contribution is 2.39. The summed E-state index contributed by atoms with van der Waals surface area (Å²) in [5, 5.41) is 0. The van der Waals surface area contributed by atoms with E-state index in [1.54, 1.807) is 0 Å². The van der Waals surface area contributed by atoms with Crippen LogP contribution >= 0.6 is 0 Å². The van der Waals surface area contributed by atoms with Crippen LogP contribution in [0.2, 0.25) is 0 Å². The van der Waals surface area contributed by atoms with E-state index in [2.05, 4.69) is 30.3 Å². The first kappa shape index (κ1) is 14.1. The van der Waals surface area contributed by atoms with Crippen LogP contribution in [-0.4, -0.2) is 13.1 Å². The number of benzene rings is 1. The molecule has 1 aliphatic rings. The third-order valence-electron chi connectivity index (χ3n) is 1.85. The number of rotatable bonds is 1. The zero-order valence-corrected chi connectivity index (χ0v) is 9.95. The van der Waals surface area contributed by atoms with Crippen LogP contribution in [-0.2, 0) is 0 Å². The average Bonchev–Trinajstić information content (AvgIpc) is 3.05. The van der Waals surface area contributed by atoms with Crippen molar-refractivity contribution < 1.29 is 0 Å². The van der Waals surface area contributed by atoms with E-state index in [4.69, 9.17) is 11.5 Å². The second-order valence-electron chi connectivity index (χ2n) is 3.50. The molecule has 0 heterocycles. The maximum Gasteiger partial charge on any atom is -0.0106 e. The molecule has 86 valence electrons. The van der Waals surface area contributed by atoms with Gasteiger partial charge in [0.2, 0.25) is 0 Å². The lowest BCUT2D eigenvalue weighted by Gasteiger charge is -1.92. The molecular formula is C13H24N2. The summed E-state index contributed by atoms with van der Waals surface area (Å²) in [7, 11) is 0. The lowest BCUT2D eigenvalue weighted by atomic mass is 10.1. The maximum atomic E-state index is 4.85. The fourth-order valence-corrected chi connectivity index (χ4v) is 1.14. The second kappa shape index (κ2) is 9.69. The smallest absolute Gasteiger partial charge is 0.0106 e. The summed E-state index contributed by atoms with van der Waals surface area (Å²) in [6.07, 6.45) is 2.81. The van der Waals surface area contributed by atoms with Crippen LogP contribution in [0, 0.1) is 0 Å². The van der Waals surface area contributed by atoms with Crippen molar-refractivity contribution in [3.8, 4) is 0 Å². The fourth-order valence-electron chi connectivity index (χ4n) is 1.14. The average molecular weight is 208 g/mol. The van der Waals surface area contributed by atoms with Crippen LogP contribution in [0.5, 0.6) is 0 Å². The lowest BCUT2D eigenvalue weighted by molar-refractivity contribution is 1.13. The standard InChI is InChI=1S/C9H10.2C2H7N/c1-2-4-8(5-3-1)9-6-7-9;2*1-2-3/h1-5,9H,6-7H2;2*2-3H2,1H3. The Bertz CT molecular complexity index is 215. The first-order valence-electron chi connectivity index (χ1n) is 5.75. The van der Waals surface area contributed by atoms with E-state index in [-0.39, 0.29) is 0 Å². The van der Waals surface area contributed by atoms with Gasteiger partial charge in [-0.3, -0.25) is 0 Å². The number of nitrogens with two attached hydrogens (primary N) is 2. The van der Waals surface area contributed by atoms with Gasteiger partial charge in [0, 0.05) is 0 Å². The van der Waals surface area contributed by atoms with Crippen LogP contribution in [0.25, 0.3) is 0 Å². The van der Waals surface area contributed by atoms with Crippen molar-refractivity contribution >= 4 is 0 Å². The summed E-state index contributed by atoms with van der Waals surface area (Å²) in [5.41, 5.74) is 11.2. The molecule has 15 heavy (non-hydrogen) atoms. The maximum absolute atomic E-state index is 4.85. The van der Waals surface area contributed by atoms with E-state index in [0.29, 0.717) is 0 Å². The predicted molar refractivity (Wildman–Crippen MR) is 67.9 cm³/mol. The van der Waals surface area contributed by atoms with Gasteiger partial charge in [0.15, 0.2) is 0 Å². The highest BCUT2D eigenvalue weighted by molar-refractivity contribution is 5.22. The van der Waals surface area contributed by atoms with Crippen LogP contribution in [0.1, 0.15) is 38.2 Å². The summed E-state index contributed by atoms with van der Waals surface area (Å²) in [6, 6.07) is 10.8. The van der Waals surface area contributed by atoms with Gasteiger partial charge in [0.05, 0.1) is 0 Å². The Morgan fingerprint density at radius 1 is 1.00 bits per heavy atom. The molecule has 0 amide bonds. The van der Waals surface area contributed by atoms with Gasteiger partial charge < -0.3 is 11.5 Å². The molecule has 2 heteroatoms.